The molecule has 1 unspecified atom stereocenters. The van der Waals surface area contributed by atoms with Crippen LogP contribution in [0.4, 0.5) is 0 Å². The van der Waals surface area contributed by atoms with Crippen molar-refractivity contribution in [1.82, 2.24) is 20.4 Å². The van der Waals surface area contributed by atoms with Crippen molar-refractivity contribution in [3.63, 3.8) is 0 Å². The fourth-order valence-electron chi connectivity index (χ4n) is 2.71. The van der Waals surface area contributed by atoms with E-state index in [4.69, 9.17) is 4.99 Å². The van der Waals surface area contributed by atoms with Crippen LogP contribution in [0.2, 0.25) is 0 Å². The van der Waals surface area contributed by atoms with Crippen molar-refractivity contribution < 1.29 is 0 Å². The van der Waals surface area contributed by atoms with Crippen LogP contribution < -0.4 is 10.6 Å². The maximum atomic E-state index is 4.74. The molecule has 0 aliphatic rings. The normalized spacial score (nSPS) is 13.2. The highest BCUT2D eigenvalue weighted by molar-refractivity contribution is 5.80. The minimum Gasteiger partial charge on any atom is -0.357 e. The zero-order valence-electron chi connectivity index (χ0n) is 15.9. The molecule has 0 spiro atoms. The highest BCUT2D eigenvalue weighted by Gasteiger charge is 2.10. The fourth-order valence-corrected chi connectivity index (χ4v) is 2.71. The van der Waals surface area contributed by atoms with Crippen molar-refractivity contribution >= 4 is 5.96 Å². The molecule has 0 aliphatic heterocycles. The molecular formula is C18H35N5. The Balaban J connectivity index is 2.59. The monoisotopic (exact) mass is 321 g/mol. The number of unbranched alkanes of at least 4 members (excludes halogenated alkanes) is 3. The second-order valence-electron chi connectivity index (χ2n) is 6.36. The van der Waals surface area contributed by atoms with E-state index >= 15 is 0 Å². The second kappa shape index (κ2) is 10.3. The molecule has 5 nitrogen and oxygen atoms in total. The number of guanidine groups is 1. The average Bonchev–Trinajstić information content (AvgIpc) is 2.75. The number of aromatic nitrogens is 2. The number of hydrogen-bond donors (Lipinski definition) is 2. The predicted molar refractivity (Wildman–Crippen MR) is 98.9 cm³/mol. The maximum Gasteiger partial charge on any atom is 0.191 e. The summed E-state index contributed by atoms with van der Waals surface area (Å²) in [6.45, 7) is 12.3. The van der Waals surface area contributed by atoms with Crippen LogP contribution in [0, 0.1) is 13.8 Å². The van der Waals surface area contributed by atoms with Crippen LogP contribution in [-0.4, -0.2) is 28.3 Å². The topological polar surface area (TPSA) is 54.2 Å². The maximum absolute atomic E-state index is 4.74. The molecule has 0 saturated carbocycles. The lowest BCUT2D eigenvalue weighted by atomic mass is 10.1. The van der Waals surface area contributed by atoms with Gasteiger partial charge < -0.3 is 10.6 Å². The van der Waals surface area contributed by atoms with Crippen LogP contribution in [0.1, 0.15) is 69.8 Å². The molecule has 0 saturated heterocycles. The van der Waals surface area contributed by atoms with E-state index in [9.17, 15) is 0 Å². The van der Waals surface area contributed by atoms with Gasteiger partial charge in [-0.2, -0.15) is 5.10 Å². The van der Waals surface area contributed by atoms with E-state index in [1.54, 1.807) is 0 Å². The highest BCUT2D eigenvalue weighted by atomic mass is 15.3. The third-order valence-corrected chi connectivity index (χ3v) is 4.27. The highest BCUT2D eigenvalue weighted by Crippen LogP contribution is 2.13. The first-order valence-electron chi connectivity index (χ1n) is 9.03. The number of nitrogens with zero attached hydrogens (tertiary/aromatic N) is 3. The molecule has 0 fully saturated rings. The molecule has 0 amide bonds. The first kappa shape index (κ1) is 19.5. The molecule has 1 aromatic rings. The van der Waals surface area contributed by atoms with Crippen molar-refractivity contribution in [3.05, 3.63) is 17.0 Å². The predicted octanol–water partition coefficient (Wildman–Crippen LogP) is 3.45. The molecule has 0 aromatic carbocycles. The van der Waals surface area contributed by atoms with E-state index in [-0.39, 0.29) is 0 Å². The van der Waals surface area contributed by atoms with Gasteiger partial charge in [-0.1, -0.05) is 32.6 Å². The summed E-state index contributed by atoms with van der Waals surface area (Å²) in [5.41, 5.74) is 3.48. The van der Waals surface area contributed by atoms with E-state index in [0.29, 0.717) is 12.6 Å². The van der Waals surface area contributed by atoms with Crippen LogP contribution in [0.5, 0.6) is 0 Å². The molecule has 5 heteroatoms. The van der Waals surface area contributed by atoms with Gasteiger partial charge in [-0.15, -0.1) is 0 Å². The summed E-state index contributed by atoms with van der Waals surface area (Å²) < 4.78 is 1.93. The molecule has 1 rings (SSSR count). The van der Waals surface area contributed by atoms with Crippen LogP contribution in [0.15, 0.2) is 4.99 Å². The molecule has 0 bridgehead atoms. The molecule has 1 aromatic heterocycles. The average molecular weight is 322 g/mol. The van der Waals surface area contributed by atoms with Crippen LogP contribution in [-0.2, 0) is 13.6 Å². The van der Waals surface area contributed by atoms with Crippen LogP contribution in [0.3, 0.4) is 0 Å². The lowest BCUT2D eigenvalue weighted by Crippen LogP contribution is -2.42. The summed E-state index contributed by atoms with van der Waals surface area (Å²) >= 11 is 0. The van der Waals surface area contributed by atoms with Crippen molar-refractivity contribution in [2.75, 3.05) is 6.54 Å². The van der Waals surface area contributed by atoms with Gasteiger partial charge in [-0.25, -0.2) is 4.99 Å². The Hall–Kier alpha value is -1.52. The molecule has 0 aliphatic carbocycles. The number of hydrogen-bond acceptors (Lipinski definition) is 2. The van der Waals surface area contributed by atoms with E-state index in [0.717, 1.165) is 18.2 Å². The molecule has 2 N–H and O–H groups in total. The Bertz CT molecular complexity index is 490. The number of aryl methyl sites for hydroxylation is 2. The van der Waals surface area contributed by atoms with Gasteiger partial charge in [0.15, 0.2) is 5.96 Å². The molecule has 0 radical (unpaired) electrons. The quantitative estimate of drug-likeness (QED) is 0.416. The first-order valence-corrected chi connectivity index (χ1v) is 9.03. The van der Waals surface area contributed by atoms with Crippen molar-refractivity contribution in [2.24, 2.45) is 12.0 Å². The molecule has 1 atom stereocenters. The summed E-state index contributed by atoms with van der Waals surface area (Å²) in [6, 6.07) is 0.445. The largest absolute Gasteiger partial charge is 0.357 e. The van der Waals surface area contributed by atoms with Gasteiger partial charge >= 0.3 is 0 Å². The smallest absolute Gasteiger partial charge is 0.191 e. The molecule has 23 heavy (non-hydrogen) atoms. The lowest BCUT2D eigenvalue weighted by molar-refractivity contribution is 0.537. The second-order valence-corrected chi connectivity index (χ2v) is 6.36. The summed E-state index contributed by atoms with van der Waals surface area (Å²) in [4.78, 5) is 4.74. The Labute approximate surface area is 142 Å². The summed E-state index contributed by atoms with van der Waals surface area (Å²) in [6.07, 6.45) is 6.41. The van der Waals surface area contributed by atoms with Gasteiger partial charge in [0.1, 0.15) is 0 Å². The van der Waals surface area contributed by atoms with Crippen LogP contribution >= 0.6 is 0 Å². The molecule has 132 valence electrons. The zero-order valence-corrected chi connectivity index (χ0v) is 15.9. The summed E-state index contributed by atoms with van der Waals surface area (Å²) in [5, 5.41) is 11.3. The van der Waals surface area contributed by atoms with Gasteiger partial charge in [-0.3, -0.25) is 4.68 Å². The van der Waals surface area contributed by atoms with Crippen molar-refractivity contribution in [2.45, 2.75) is 79.3 Å². The van der Waals surface area contributed by atoms with Gasteiger partial charge in [0.05, 0.1) is 12.2 Å². The third kappa shape index (κ3) is 6.63. The van der Waals surface area contributed by atoms with E-state index in [1.807, 2.05) is 11.7 Å². The Morgan fingerprint density at radius 1 is 1.22 bits per heavy atom. The van der Waals surface area contributed by atoms with E-state index in [1.165, 1.54) is 43.4 Å². The standard InChI is InChI=1S/C18H35N5/c1-7-9-10-11-12-14(3)21-18(19-8-2)20-13-17-15(4)22-23(6)16(17)5/h14H,7-13H2,1-6H3,(H2,19,20,21). The Morgan fingerprint density at radius 3 is 2.52 bits per heavy atom. The number of rotatable bonds is 9. The van der Waals surface area contributed by atoms with Gasteiger partial charge in [0.2, 0.25) is 0 Å². The molecular weight excluding hydrogens is 286 g/mol. The minimum atomic E-state index is 0.445. The first-order chi connectivity index (χ1) is 11.0. The Morgan fingerprint density at radius 2 is 1.96 bits per heavy atom. The lowest BCUT2D eigenvalue weighted by Gasteiger charge is -2.17. The Kier molecular flexibility index (Phi) is 8.74. The minimum absolute atomic E-state index is 0.445. The number of nitrogens with one attached hydrogen (secondary N) is 2. The van der Waals surface area contributed by atoms with Gasteiger partial charge in [0.25, 0.3) is 0 Å². The fraction of sp³-hybridized carbons (Fsp3) is 0.778. The van der Waals surface area contributed by atoms with E-state index in [2.05, 4.69) is 50.4 Å². The van der Waals surface area contributed by atoms with E-state index < -0.39 is 0 Å². The third-order valence-electron chi connectivity index (χ3n) is 4.27. The van der Waals surface area contributed by atoms with Crippen molar-refractivity contribution in [1.29, 1.82) is 0 Å². The zero-order chi connectivity index (χ0) is 17.2. The van der Waals surface area contributed by atoms with Crippen molar-refractivity contribution in [3.8, 4) is 0 Å². The summed E-state index contributed by atoms with van der Waals surface area (Å²) in [7, 11) is 1.98. The summed E-state index contributed by atoms with van der Waals surface area (Å²) in [5.74, 6) is 0.901. The van der Waals surface area contributed by atoms with Crippen LogP contribution in [0.25, 0.3) is 0 Å². The van der Waals surface area contributed by atoms with Gasteiger partial charge in [0, 0.05) is 30.9 Å². The number of aliphatic imine (C=N–C) groups is 1. The molecule has 1 heterocycles. The SMILES string of the molecule is CCCCCCC(C)NC(=NCc1c(C)nn(C)c1C)NCC. The van der Waals surface area contributed by atoms with Gasteiger partial charge in [-0.05, 0) is 34.1 Å².